The molecule has 1 aliphatic heterocycles. The van der Waals surface area contributed by atoms with Crippen molar-refractivity contribution in [1.29, 1.82) is 0 Å². The van der Waals surface area contributed by atoms with Crippen LogP contribution in [0.2, 0.25) is 0 Å². The molecule has 41 heavy (non-hydrogen) atoms. The van der Waals surface area contributed by atoms with Gasteiger partial charge < -0.3 is 28.8 Å². The van der Waals surface area contributed by atoms with E-state index < -0.39 is 12.2 Å². The van der Waals surface area contributed by atoms with Crippen LogP contribution in [-0.4, -0.2) is 31.0 Å². The Morgan fingerprint density at radius 2 is 1.37 bits per heavy atom. The number of hydrogen-bond acceptors (Lipinski definition) is 6. The van der Waals surface area contributed by atoms with Gasteiger partial charge in [0.1, 0.15) is 18.1 Å². The molecule has 6 heteroatoms. The maximum Gasteiger partial charge on any atom is 0.203 e. The standard InChI is InChI=1S/C35H46O6/c1-5-8-16-37-32-21-27(22-33(38-17-9-6-2)35(32)39-18-10-7-3)34-29(36)23-28-30(19-25(4)20-31(28)41-34)40-24-26-14-12-11-13-15-26/h11-15,19-22,29,34,36H,5-10,16-18,23-24H2,1-4H3. The molecule has 1 heterocycles. The summed E-state index contributed by atoms with van der Waals surface area (Å²) in [6.45, 7) is 10.7. The van der Waals surface area contributed by atoms with E-state index in [0.29, 0.717) is 50.1 Å². The molecule has 4 rings (SSSR count). The van der Waals surface area contributed by atoms with Gasteiger partial charge in [0.2, 0.25) is 5.75 Å². The summed E-state index contributed by atoms with van der Waals surface area (Å²) in [7, 11) is 0. The van der Waals surface area contributed by atoms with E-state index in [1.54, 1.807) is 0 Å². The number of aliphatic hydroxyl groups excluding tert-OH is 1. The van der Waals surface area contributed by atoms with Crippen molar-refractivity contribution < 1.29 is 28.8 Å². The summed E-state index contributed by atoms with van der Waals surface area (Å²) in [6, 6.07) is 18.0. The number of rotatable bonds is 16. The fourth-order valence-corrected chi connectivity index (χ4v) is 4.83. The molecular weight excluding hydrogens is 516 g/mol. The summed E-state index contributed by atoms with van der Waals surface area (Å²) < 4.78 is 31.4. The highest BCUT2D eigenvalue weighted by Crippen LogP contribution is 2.45. The predicted octanol–water partition coefficient (Wildman–Crippen LogP) is 8.15. The molecule has 0 radical (unpaired) electrons. The minimum absolute atomic E-state index is 0.414. The number of benzene rings is 3. The van der Waals surface area contributed by atoms with Crippen molar-refractivity contribution in [2.24, 2.45) is 0 Å². The first-order chi connectivity index (χ1) is 20.0. The molecule has 0 amide bonds. The monoisotopic (exact) mass is 562 g/mol. The van der Waals surface area contributed by atoms with E-state index in [1.165, 1.54) is 0 Å². The van der Waals surface area contributed by atoms with Crippen molar-refractivity contribution in [3.63, 3.8) is 0 Å². The lowest BCUT2D eigenvalue weighted by Gasteiger charge is -2.33. The number of fused-ring (bicyclic) bond motifs is 1. The highest BCUT2D eigenvalue weighted by Gasteiger charge is 2.34. The third-order valence-electron chi connectivity index (χ3n) is 7.19. The van der Waals surface area contributed by atoms with Gasteiger partial charge in [0.05, 0.1) is 25.9 Å². The van der Waals surface area contributed by atoms with Crippen LogP contribution in [0.15, 0.2) is 54.6 Å². The summed E-state index contributed by atoms with van der Waals surface area (Å²) in [5.41, 5.74) is 3.81. The van der Waals surface area contributed by atoms with Crippen molar-refractivity contribution >= 4 is 0 Å². The topological polar surface area (TPSA) is 66.4 Å². The van der Waals surface area contributed by atoms with Crippen LogP contribution >= 0.6 is 0 Å². The van der Waals surface area contributed by atoms with Crippen molar-refractivity contribution in [2.75, 3.05) is 19.8 Å². The molecule has 3 aromatic rings. The molecule has 3 aromatic carbocycles. The Bertz CT molecular complexity index is 1190. The molecule has 0 fully saturated rings. The summed E-state index contributed by atoms with van der Waals surface area (Å²) in [5, 5.41) is 11.4. The lowest BCUT2D eigenvalue weighted by atomic mass is 9.93. The Labute approximate surface area is 245 Å². The quantitative estimate of drug-likeness (QED) is 0.178. The number of unbranched alkanes of at least 4 members (excludes halogenated alkanes) is 3. The average Bonchev–Trinajstić information content (AvgIpc) is 2.97. The van der Waals surface area contributed by atoms with E-state index in [1.807, 2.05) is 61.5 Å². The van der Waals surface area contributed by atoms with Gasteiger partial charge in [-0.2, -0.15) is 0 Å². The molecule has 2 atom stereocenters. The second-order valence-electron chi connectivity index (χ2n) is 10.8. The zero-order valence-electron chi connectivity index (χ0n) is 25.1. The summed E-state index contributed by atoms with van der Waals surface area (Å²) in [6.07, 6.45) is 4.96. The van der Waals surface area contributed by atoms with E-state index in [0.717, 1.165) is 72.3 Å². The van der Waals surface area contributed by atoms with Gasteiger partial charge in [-0.25, -0.2) is 0 Å². The number of hydrogen-bond donors (Lipinski definition) is 1. The van der Waals surface area contributed by atoms with Crippen molar-refractivity contribution in [3.8, 4) is 28.7 Å². The molecule has 0 spiro atoms. The average molecular weight is 563 g/mol. The van der Waals surface area contributed by atoms with Crippen LogP contribution in [0.1, 0.15) is 87.7 Å². The van der Waals surface area contributed by atoms with Gasteiger partial charge >= 0.3 is 0 Å². The smallest absolute Gasteiger partial charge is 0.203 e. The Morgan fingerprint density at radius 1 is 0.756 bits per heavy atom. The highest BCUT2D eigenvalue weighted by atomic mass is 16.5. The molecule has 0 bridgehead atoms. The third-order valence-corrected chi connectivity index (χ3v) is 7.19. The zero-order valence-corrected chi connectivity index (χ0v) is 25.1. The summed E-state index contributed by atoms with van der Waals surface area (Å²) in [4.78, 5) is 0. The molecule has 2 unspecified atom stereocenters. The Balaban J connectivity index is 1.65. The molecule has 0 aromatic heterocycles. The predicted molar refractivity (Wildman–Crippen MR) is 163 cm³/mol. The highest BCUT2D eigenvalue weighted by molar-refractivity contribution is 5.56. The maximum absolute atomic E-state index is 11.4. The van der Waals surface area contributed by atoms with E-state index in [2.05, 4.69) is 20.8 Å². The fourth-order valence-electron chi connectivity index (χ4n) is 4.83. The van der Waals surface area contributed by atoms with Crippen LogP contribution < -0.4 is 23.7 Å². The van der Waals surface area contributed by atoms with Gasteiger partial charge in [0.15, 0.2) is 17.6 Å². The van der Waals surface area contributed by atoms with Gasteiger partial charge in [0.25, 0.3) is 0 Å². The summed E-state index contributed by atoms with van der Waals surface area (Å²) >= 11 is 0. The lowest BCUT2D eigenvalue weighted by Crippen LogP contribution is -2.31. The molecule has 6 nitrogen and oxygen atoms in total. The number of ether oxygens (including phenoxy) is 5. The van der Waals surface area contributed by atoms with Crippen molar-refractivity contribution in [3.05, 3.63) is 76.9 Å². The van der Waals surface area contributed by atoms with E-state index >= 15 is 0 Å². The van der Waals surface area contributed by atoms with E-state index in [-0.39, 0.29) is 0 Å². The zero-order chi connectivity index (χ0) is 29.0. The number of aryl methyl sites for hydroxylation is 1. The van der Waals surface area contributed by atoms with Crippen LogP contribution in [0, 0.1) is 6.92 Å². The van der Waals surface area contributed by atoms with Gasteiger partial charge in [-0.1, -0.05) is 70.4 Å². The van der Waals surface area contributed by atoms with Crippen LogP contribution in [0.5, 0.6) is 28.7 Å². The Morgan fingerprint density at radius 3 is 1.98 bits per heavy atom. The van der Waals surface area contributed by atoms with Crippen molar-refractivity contribution in [1.82, 2.24) is 0 Å². The fraction of sp³-hybridized carbons (Fsp3) is 0.486. The van der Waals surface area contributed by atoms with Gasteiger partial charge in [-0.05, 0) is 61.6 Å². The van der Waals surface area contributed by atoms with Gasteiger partial charge in [0, 0.05) is 17.5 Å². The Hall–Kier alpha value is -3.38. The van der Waals surface area contributed by atoms with Gasteiger partial charge in [-0.15, -0.1) is 0 Å². The van der Waals surface area contributed by atoms with Crippen molar-refractivity contribution in [2.45, 2.75) is 91.5 Å². The Kier molecular flexibility index (Phi) is 11.6. The minimum Gasteiger partial charge on any atom is -0.490 e. The van der Waals surface area contributed by atoms with Crippen LogP contribution in [0.3, 0.4) is 0 Å². The molecule has 222 valence electrons. The molecule has 1 N–H and O–H groups in total. The molecule has 0 saturated heterocycles. The molecule has 0 saturated carbocycles. The second kappa shape index (κ2) is 15.6. The van der Waals surface area contributed by atoms with Crippen LogP contribution in [0.25, 0.3) is 0 Å². The van der Waals surface area contributed by atoms with Crippen LogP contribution in [-0.2, 0) is 13.0 Å². The normalized spacial score (nSPS) is 16.0. The maximum atomic E-state index is 11.4. The SMILES string of the molecule is CCCCOc1cc(C2Oc3cc(C)cc(OCc4ccccc4)c3CC2O)cc(OCCCC)c1OCCCC. The first-order valence-electron chi connectivity index (χ1n) is 15.2. The first kappa shape index (κ1) is 30.6. The summed E-state index contributed by atoms with van der Waals surface area (Å²) in [5.74, 6) is 3.38. The van der Waals surface area contributed by atoms with Gasteiger partial charge in [-0.3, -0.25) is 0 Å². The van der Waals surface area contributed by atoms with E-state index in [4.69, 9.17) is 23.7 Å². The van der Waals surface area contributed by atoms with Crippen LogP contribution in [0.4, 0.5) is 0 Å². The third kappa shape index (κ3) is 8.32. The minimum atomic E-state index is -0.775. The first-order valence-corrected chi connectivity index (χ1v) is 15.2. The largest absolute Gasteiger partial charge is 0.490 e. The molecular formula is C35H46O6. The molecule has 0 aliphatic carbocycles. The number of aliphatic hydroxyl groups is 1. The van der Waals surface area contributed by atoms with E-state index in [9.17, 15) is 5.11 Å². The second-order valence-corrected chi connectivity index (χ2v) is 10.8. The molecule has 1 aliphatic rings. The lowest BCUT2D eigenvalue weighted by molar-refractivity contribution is 0.0193.